The molecule has 0 aliphatic heterocycles. The molecule has 0 saturated carbocycles. The molecule has 0 aromatic rings. The Balaban J connectivity index is 3.51. The van der Waals surface area contributed by atoms with Crippen LogP contribution in [0.3, 0.4) is 0 Å². The van der Waals surface area contributed by atoms with Crippen molar-refractivity contribution in [1.82, 2.24) is 4.72 Å². The van der Waals surface area contributed by atoms with Crippen molar-refractivity contribution in [3.05, 3.63) is 0 Å². The van der Waals surface area contributed by atoms with E-state index in [1.54, 1.807) is 0 Å². The van der Waals surface area contributed by atoms with Crippen LogP contribution in [-0.4, -0.2) is 27.3 Å². The summed E-state index contributed by atoms with van der Waals surface area (Å²) < 4.78 is 25.5. The Kier molecular flexibility index (Phi) is 8.89. The Labute approximate surface area is 100 Å². The van der Waals surface area contributed by atoms with Gasteiger partial charge in [0, 0.05) is 6.54 Å². The summed E-state index contributed by atoms with van der Waals surface area (Å²) in [5.74, 6) is 0.898. The molecule has 0 atom stereocenters. The maximum atomic E-state index is 11.5. The topological polar surface area (TPSA) is 72.2 Å². The standard InChI is InChI=1S/C11H26N2O2S/c1-11(2)7-3-5-9-13-16(14,15)10-6-4-8-12/h11,13H,3-10,12H2,1-2H3. The number of hydrogen-bond donors (Lipinski definition) is 2. The van der Waals surface area contributed by atoms with E-state index in [1.807, 2.05) is 0 Å². The molecule has 0 aromatic heterocycles. The van der Waals surface area contributed by atoms with Gasteiger partial charge in [-0.3, -0.25) is 0 Å². The van der Waals surface area contributed by atoms with Gasteiger partial charge >= 0.3 is 0 Å². The predicted molar refractivity (Wildman–Crippen MR) is 68.8 cm³/mol. The molecule has 0 heterocycles. The summed E-state index contributed by atoms with van der Waals surface area (Å²) >= 11 is 0. The van der Waals surface area contributed by atoms with E-state index in [4.69, 9.17) is 5.73 Å². The predicted octanol–water partition coefficient (Wildman–Crippen LogP) is 1.47. The molecule has 98 valence electrons. The van der Waals surface area contributed by atoms with Gasteiger partial charge < -0.3 is 5.73 Å². The molecule has 0 unspecified atom stereocenters. The van der Waals surface area contributed by atoms with E-state index in [1.165, 1.54) is 0 Å². The first kappa shape index (κ1) is 15.9. The van der Waals surface area contributed by atoms with Gasteiger partial charge in [-0.2, -0.15) is 0 Å². The van der Waals surface area contributed by atoms with Gasteiger partial charge in [-0.15, -0.1) is 0 Å². The van der Waals surface area contributed by atoms with Crippen molar-refractivity contribution in [2.75, 3.05) is 18.8 Å². The zero-order valence-electron chi connectivity index (χ0n) is 10.5. The second-order valence-electron chi connectivity index (χ2n) is 4.60. The fourth-order valence-electron chi connectivity index (χ4n) is 1.41. The normalized spacial score (nSPS) is 12.2. The maximum Gasteiger partial charge on any atom is 0.211 e. The quantitative estimate of drug-likeness (QED) is 0.577. The minimum atomic E-state index is -3.06. The van der Waals surface area contributed by atoms with E-state index in [0.29, 0.717) is 25.4 Å². The highest BCUT2D eigenvalue weighted by Gasteiger charge is 2.08. The minimum Gasteiger partial charge on any atom is -0.330 e. The first-order chi connectivity index (χ1) is 7.48. The SMILES string of the molecule is CC(C)CCCCNS(=O)(=O)CCCCN. The molecular weight excluding hydrogens is 224 g/mol. The molecule has 0 saturated heterocycles. The van der Waals surface area contributed by atoms with Gasteiger partial charge in [-0.25, -0.2) is 13.1 Å². The van der Waals surface area contributed by atoms with E-state index in [-0.39, 0.29) is 5.75 Å². The molecule has 0 aromatic carbocycles. The number of nitrogens with one attached hydrogen (secondary N) is 1. The number of unbranched alkanes of at least 4 members (excludes halogenated alkanes) is 2. The summed E-state index contributed by atoms with van der Waals surface area (Å²) in [6.07, 6.45) is 4.60. The average Bonchev–Trinajstić information content (AvgIpc) is 2.16. The summed E-state index contributed by atoms with van der Waals surface area (Å²) in [5, 5.41) is 0. The Bertz CT molecular complexity index is 251. The first-order valence-electron chi connectivity index (χ1n) is 6.15. The van der Waals surface area contributed by atoms with Crippen LogP contribution in [0.5, 0.6) is 0 Å². The molecule has 0 radical (unpaired) electrons. The Morgan fingerprint density at radius 1 is 1.12 bits per heavy atom. The van der Waals surface area contributed by atoms with Gasteiger partial charge in [0.05, 0.1) is 5.75 Å². The summed E-state index contributed by atoms with van der Waals surface area (Å²) in [6, 6.07) is 0. The molecule has 3 N–H and O–H groups in total. The van der Waals surface area contributed by atoms with E-state index < -0.39 is 10.0 Å². The van der Waals surface area contributed by atoms with Crippen molar-refractivity contribution in [3.63, 3.8) is 0 Å². The van der Waals surface area contributed by atoms with Crippen molar-refractivity contribution in [1.29, 1.82) is 0 Å². The molecule has 0 fully saturated rings. The average molecular weight is 250 g/mol. The second-order valence-corrected chi connectivity index (χ2v) is 6.53. The van der Waals surface area contributed by atoms with Crippen LogP contribution in [0.25, 0.3) is 0 Å². The zero-order valence-corrected chi connectivity index (χ0v) is 11.4. The largest absolute Gasteiger partial charge is 0.330 e. The van der Waals surface area contributed by atoms with Gasteiger partial charge in [0.2, 0.25) is 10.0 Å². The molecule has 0 spiro atoms. The van der Waals surface area contributed by atoms with Gasteiger partial charge in [-0.05, 0) is 31.7 Å². The lowest BCUT2D eigenvalue weighted by Crippen LogP contribution is -2.27. The number of hydrogen-bond acceptors (Lipinski definition) is 3. The number of nitrogens with two attached hydrogens (primary N) is 1. The third-order valence-corrected chi connectivity index (χ3v) is 3.87. The van der Waals surface area contributed by atoms with Crippen LogP contribution in [-0.2, 0) is 10.0 Å². The molecule has 16 heavy (non-hydrogen) atoms. The molecule has 0 rings (SSSR count). The van der Waals surface area contributed by atoms with E-state index >= 15 is 0 Å². The third-order valence-electron chi connectivity index (χ3n) is 2.40. The highest BCUT2D eigenvalue weighted by atomic mass is 32.2. The van der Waals surface area contributed by atoms with Crippen LogP contribution in [0.4, 0.5) is 0 Å². The number of rotatable bonds is 10. The van der Waals surface area contributed by atoms with Crippen molar-refractivity contribution < 1.29 is 8.42 Å². The van der Waals surface area contributed by atoms with Crippen molar-refractivity contribution >= 4 is 10.0 Å². The summed E-state index contributed by atoms with van der Waals surface area (Å²) in [4.78, 5) is 0. The van der Waals surface area contributed by atoms with Gasteiger partial charge in [0.15, 0.2) is 0 Å². The van der Waals surface area contributed by atoms with E-state index in [9.17, 15) is 8.42 Å². The van der Waals surface area contributed by atoms with Gasteiger partial charge in [0.25, 0.3) is 0 Å². The molecule has 4 nitrogen and oxygen atoms in total. The van der Waals surface area contributed by atoms with Crippen LogP contribution in [0.15, 0.2) is 0 Å². The van der Waals surface area contributed by atoms with Crippen LogP contribution in [0, 0.1) is 5.92 Å². The molecule has 0 aliphatic rings. The van der Waals surface area contributed by atoms with Crippen LogP contribution < -0.4 is 10.5 Å². The molecule has 0 amide bonds. The fraction of sp³-hybridized carbons (Fsp3) is 1.00. The van der Waals surface area contributed by atoms with Crippen molar-refractivity contribution in [2.45, 2.75) is 46.0 Å². The Morgan fingerprint density at radius 2 is 1.81 bits per heavy atom. The minimum absolute atomic E-state index is 0.203. The zero-order chi connectivity index (χ0) is 12.4. The highest BCUT2D eigenvalue weighted by molar-refractivity contribution is 7.89. The third kappa shape index (κ3) is 10.4. The first-order valence-corrected chi connectivity index (χ1v) is 7.80. The van der Waals surface area contributed by atoms with Crippen LogP contribution in [0.2, 0.25) is 0 Å². The summed E-state index contributed by atoms with van der Waals surface area (Å²) in [5.41, 5.74) is 5.31. The lowest BCUT2D eigenvalue weighted by atomic mass is 10.1. The van der Waals surface area contributed by atoms with E-state index in [2.05, 4.69) is 18.6 Å². The fourth-order valence-corrected chi connectivity index (χ4v) is 2.60. The molecular formula is C11H26N2O2S. The Morgan fingerprint density at radius 3 is 2.38 bits per heavy atom. The molecule has 5 heteroatoms. The van der Waals surface area contributed by atoms with Crippen LogP contribution in [0.1, 0.15) is 46.0 Å². The van der Waals surface area contributed by atoms with E-state index in [0.717, 1.165) is 25.7 Å². The highest BCUT2D eigenvalue weighted by Crippen LogP contribution is 2.05. The molecule has 0 bridgehead atoms. The lowest BCUT2D eigenvalue weighted by molar-refractivity contribution is 0.530. The summed E-state index contributed by atoms with van der Waals surface area (Å²) in [7, 11) is -3.06. The monoisotopic (exact) mass is 250 g/mol. The van der Waals surface area contributed by atoms with Gasteiger partial charge in [0.1, 0.15) is 0 Å². The van der Waals surface area contributed by atoms with Crippen molar-refractivity contribution in [2.24, 2.45) is 11.7 Å². The maximum absolute atomic E-state index is 11.5. The summed E-state index contributed by atoms with van der Waals surface area (Å²) in [6.45, 7) is 5.48. The second kappa shape index (κ2) is 8.96. The number of sulfonamides is 1. The van der Waals surface area contributed by atoms with Crippen LogP contribution >= 0.6 is 0 Å². The lowest BCUT2D eigenvalue weighted by Gasteiger charge is -2.07. The molecule has 0 aliphatic carbocycles. The van der Waals surface area contributed by atoms with Crippen molar-refractivity contribution in [3.8, 4) is 0 Å². The van der Waals surface area contributed by atoms with Gasteiger partial charge in [-0.1, -0.05) is 26.7 Å². The Hall–Kier alpha value is -0.130. The smallest absolute Gasteiger partial charge is 0.211 e.